The van der Waals surface area contributed by atoms with E-state index in [0.29, 0.717) is 12.4 Å². The summed E-state index contributed by atoms with van der Waals surface area (Å²) in [4.78, 5) is 11.9. The monoisotopic (exact) mass is 208 g/mol. The molecule has 84 valence electrons. The second-order valence-corrected chi connectivity index (χ2v) is 5.08. The summed E-state index contributed by atoms with van der Waals surface area (Å²) >= 11 is 0. The molecule has 0 aromatic rings. The molecule has 2 atom stereocenters. The Hall–Kier alpha value is -0.630. The number of hydrogen-bond acceptors (Lipinski definition) is 2. The van der Waals surface area contributed by atoms with E-state index in [9.17, 15) is 4.79 Å². The molecule has 2 nitrogen and oxygen atoms in total. The average molecular weight is 208 g/mol. The first-order chi connectivity index (χ1) is 7.12. The molecule has 0 amide bonds. The van der Waals surface area contributed by atoms with Gasteiger partial charge in [-0.25, -0.2) is 0 Å². The molecular weight excluding hydrogens is 188 g/mol. The number of ether oxygens (including phenoxy) is 1. The lowest BCUT2D eigenvalue weighted by Crippen LogP contribution is -2.27. The number of ketones is 1. The van der Waals surface area contributed by atoms with Crippen LogP contribution in [0.1, 0.15) is 46.0 Å². The van der Waals surface area contributed by atoms with Crippen molar-refractivity contribution in [2.45, 2.75) is 51.6 Å². The molecule has 0 N–H and O–H groups in total. The maximum atomic E-state index is 11.9. The van der Waals surface area contributed by atoms with Crippen molar-refractivity contribution in [1.82, 2.24) is 0 Å². The Morgan fingerprint density at radius 3 is 2.93 bits per heavy atom. The van der Waals surface area contributed by atoms with Gasteiger partial charge in [0.25, 0.3) is 0 Å². The summed E-state index contributed by atoms with van der Waals surface area (Å²) in [6.07, 6.45) is 8.21. The van der Waals surface area contributed by atoms with Gasteiger partial charge in [-0.1, -0.05) is 18.6 Å². The van der Waals surface area contributed by atoms with Gasteiger partial charge in [0.2, 0.25) is 0 Å². The zero-order chi connectivity index (χ0) is 10.9. The number of allylic oxidation sites excluding steroid dienone is 2. The zero-order valence-electron chi connectivity index (χ0n) is 9.71. The van der Waals surface area contributed by atoms with E-state index in [1.807, 2.05) is 13.8 Å². The minimum absolute atomic E-state index is 0.152. The topological polar surface area (TPSA) is 29.6 Å². The highest BCUT2D eigenvalue weighted by molar-refractivity contribution is 5.91. The smallest absolute Gasteiger partial charge is 0.169 e. The van der Waals surface area contributed by atoms with Crippen molar-refractivity contribution in [2.24, 2.45) is 5.92 Å². The number of Topliss-reactive ketones (excluding diaryl/α,β-unsaturated/α-hetero) is 1. The molecule has 1 saturated heterocycles. The Morgan fingerprint density at radius 1 is 1.67 bits per heavy atom. The lowest BCUT2D eigenvalue weighted by molar-refractivity contribution is -0.127. The molecule has 0 spiro atoms. The van der Waals surface area contributed by atoms with Gasteiger partial charge in [0.05, 0.1) is 6.61 Å². The van der Waals surface area contributed by atoms with Crippen molar-refractivity contribution in [3.05, 3.63) is 11.6 Å². The lowest BCUT2D eigenvalue weighted by atomic mass is 9.90. The van der Waals surface area contributed by atoms with Crippen LogP contribution in [0.5, 0.6) is 0 Å². The van der Waals surface area contributed by atoms with Gasteiger partial charge < -0.3 is 4.74 Å². The van der Waals surface area contributed by atoms with Crippen LogP contribution in [0.15, 0.2) is 11.6 Å². The molecule has 0 aromatic carbocycles. The van der Waals surface area contributed by atoms with Gasteiger partial charge in [0.15, 0.2) is 5.78 Å². The van der Waals surface area contributed by atoms with Crippen molar-refractivity contribution < 1.29 is 9.53 Å². The third-order valence-corrected chi connectivity index (χ3v) is 3.58. The van der Waals surface area contributed by atoms with Gasteiger partial charge >= 0.3 is 0 Å². The summed E-state index contributed by atoms with van der Waals surface area (Å²) < 4.78 is 5.19. The number of rotatable bonds is 5. The predicted molar refractivity (Wildman–Crippen MR) is 59.7 cm³/mol. The lowest BCUT2D eigenvalue weighted by Gasteiger charge is -2.13. The van der Waals surface area contributed by atoms with Crippen LogP contribution in [0.2, 0.25) is 0 Å². The van der Waals surface area contributed by atoms with E-state index < -0.39 is 5.60 Å². The Morgan fingerprint density at radius 2 is 2.40 bits per heavy atom. The second kappa shape index (κ2) is 4.09. The molecule has 0 unspecified atom stereocenters. The Labute approximate surface area is 91.7 Å². The Bertz CT molecular complexity index is 287. The van der Waals surface area contributed by atoms with Crippen molar-refractivity contribution in [3.8, 4) is 0 Å². The van der Waals surface area contributed by atoms with Gasteiger partial charge in [-0.15, -0.1) is 0 Å². The highest BCUT2D eigenvalue weighted by Gasteiger charge is 2.48. The third-order valence-electron chi connectivity index (χ3n) is 3.58. The highest BCUT2D eigenvalue weighted by atomic mass is 16.6. The Balaban J connectivity index is 1.76. The summed E-state index contributed by atoms with van der Waals surface area (Å²) in [7, 11) is 0. The highest BCUT2D eigenvalue weighted by Crippen LogP contribution is 2.32. The van der Waals surface area contributed by atoms with Crippen molar-refractivity contribution >= 4 is 5.78 Å². The molecule has 1 heterocycles. The van der Waals surface area contributed by atoms with Crippen LogP contribution in [-0.2, 0) is 9.53 Å². The largest absolute Gasteiger partial charge is 0.362 e. The van der Waals surface area contributed by atoms with Crippen LogP contribution in [0.3, 0.4) is 0 Å². The molecule has 0 saturated carbocycles. The summed E-state index contributed by atoms with van der Waals surface area (Å²) in [6.45, 7) is 4.56. The van der Waals surface area contributed by atoms with E-state index >= 15 is 0 Å². The predicted octanol–water partition coefficient (Wildman–Crippen LogP) is 2.87. The molecule has 15 heavy (non-hydrogen) atoms. The minimum Gasteiger partial charge on any atom is -0.362 e. The summed E-state index contributed by atoms with van der Waals surface area (Å²) in [5.41, 5.74) is 1.13. The standard InChI is InChI=1S/C13H20O2/c1-10(12(14)13(2)9-15-13)7-8-11-5-3-4-6-11/h5,10H,3-4,6-9H2,1-2H3/t10-,13+/m0/s1. The van der Waals surface area contributed by atoms with Crippen LogP contribution in [-0.4, -0.2) is 18.0 Å². The first-order valence-electron chi connectivity index (χ1n) is 5.98. The van der Waals surface area contributed by atoms with Crippen LogP contribution < -0.4 is 0 Å². The van der Waals surface area contributed by atoms with Crippen LogP contribution in [0.4, 0.5) is 0 Å². The summed E-state index contributed by atoms with van der Waals surface area (Å²) in [6, 6.07) is 0. The maximum Gasteiger partial charge on any atom is 0.169 e. The van der Waals surface area contributed by atoms with Gasteiger partial charge in [-0.05, 0) is 39.0 Å². The fourth-order valence-corrected chi connectivity index (χ4v) is 2.27. The van der Waals surface area contributed by atoms with Crippen LogP contribution in [0.25, 0.3) is 0 Å². The molecular formula is C13H20O2. The molecule has 0 aromatic heterocycles. The zero-order valence-corrected chi connectivity index (χ0v) is 9.71. The maximum absolute atomic E-state index is 11.9. The van der Waals surface area contributed by atoms with Crippen LogP contribution >= 0.6 is 0 Å². The first kappa shape index (κ1) is 10.9. The molecule has 1 fully saturated rings. The van der Waals surface area contributed by atoms with Crippen LogP contribution in [0, 0.1) is 5.92 Å². The molecule has 1 aliphatic heterocycles. The molecule has 2 aliphatic rings. The van der Waals surface area contributed by atoms with E-state index in [4.69, 9.17) is 4.74 Å². The number of hydrogen-bond donors (Lipinski definition) is 0. The summed E-state index contributed by atoms with van der Waals surface area (Å²) in [5, 5.41) is 0. The van der Waals surface area contributed by atoms with Gasteiger partial charge in [0, 0.05) is 5.92 Å². The molecule has 0 radical (unpaired) electrons. The van der Waals surface area contributed by atoms with Gasteiger partial charge in [-0.2, -0.15) is 0 Å². The number of carbonyl (C=O) groups is 1. The normalized spacial score (nSPS) is 31.2. The SMILES string of the molecule is C[C@@H](CCC1=CCCC1)C(=O)[C@@]1(C)CO1. The molecule has 2 rings (SSSR count). The van der Waals surface area contributed by atoms with E-state index in [1.54, 1.807) is 5.57 Å². The Kier molecular flexibility index (Phi) is 2.96. The number of epoxide rings is 1. The van der Waals surface area contributed by atoms with Crippen molar-refractivity contribution in [2.75, 3.05) is 6.61 Å². The fraction of sp³-hybridized carbons (Fsp3) is 0.769. The average Bonchev–Trinajstić information content (AvgIpc) is 2.80. The second-order valence-electron chi connectivity index (χ2n) is 5.08. The van der Waals surface area contributed by atoms with Gasteiger partial charge in [-0.3, -0.25) is 4.79 Å². The molecule has 1 aliphatic carbocycles. The van der Waals surface area contributed by atoms with E-state index in [0.717, 1.165) is 12.8 Å². The summed E-state index contributed by atoms with van der Waals surface area (Å²) in [5.74, 6) is 0.445. The fourth-order valence-electron chi connectivity index (χ4n) is 2.27. The van der Waals surface area contributed by atoms with Gasteiger partial charge in [0.1, 0.15) is 5.60 Å². The molecule has 2 heteroatoms. The first-order valence-corrected chi connectivity index (χ1v) is 5.98. The van der Waals surface area contributed by atoms with E-state index in [-0.39, 0.29) is 5.92 Å². The minimum atomic E-state index is -0.427. The van der Waals surface area contributed by atoms with Crippen molar-refractivity contribution in [3.63, 3.8) is 0 Å². The number of carbonyl (C=O) groups excluding carboxylic acids is 1. The van der Waals surface area contributed by atoms with Crippen molar-refractivity contribution in [1.29, 1.82) is 0 Å². The third kappa shape index (κ3) is 2.49. The van der Waals surface area contributed by atoms with E-state index in [2.05, 4.69) is 6.08 Å². The quantitative estimate of drug-likeness (QED) is 0.513. The van der Waals surface area contributed by atoms with E-state index in [1.165, 1.54) is 19.3 Å². The molecule has 0 bridgehead atoms.